The van der Waals surface area contributed by atoms with Gasteiger partial charge in [0, 0.05) is 6.07 Å². The number of aryl methyl sites for hydroxylation is 1. The van der Waals surface area contributed by atoms with Gasteiger partial charge in [-0.25, -0.2) is 0 Å². The molecule has 1 atom stereocenters. The van der Waals surface area contributed by atoms with Gasteiger partial charge < -0.3 is 15.3 Å². The molecule has 1 aromatic carbocycles. The number of Topliss-reactive ketones (excluding diaryl/α,β-unsaturated/α-hetero) is 1. The molecular formula is C10H10O4. The Bertz CT molecular complexity index is 397. The van der Waals surface area contributed by atoms with E-state index in [9.17, 15) is 20.1 Å². The average molecular weight is 194 g/mol. The van der Waals surface area contributed by atoms with Gasteiger partial charge in [0.15, 0.2) is 5.78 Å². The van der Waals surface area contributed by atoms with Gasteiger partial charge in [0.1, 0.15) is 17.6 Å². The molecule has 2 rings (SSSR count). The van der Waals surface area contributed by atoms with Gasteiger partial charge in [0.25, 0.3) is 0 Å². The van der Waals surface area contributed by atoms with Crippen LogP contribution >= 0.6 is 0 Å². The third kappa shape index (κ3) is 1.24. The molecule has 3 N–H and O–H groups in total. The van der Waals surface area contributed by atoms with Crippen molar-refractivity contribution >= 4 is 5.78 Å². The maximum absolute atomic E-state index is 11.5. The lowest BCUT2D eigenvalue weighted by Gasteiger charge is -2.20. The fourth-order valence-corrected chi connectivity index (χ4v) is 1.74. The highest BCUT2D eigenvalue weighted by Gasteiger charge is 2.28. The second-order valence-electron chi connectivity index (χ2n) is 3.42. The van der Waals surface area contributed by atoms with Crippen molar-refractivity contribution in [2.45, 2.75) is 18.9 Å². The van der Waals surface area contributed by atoms with Crippen molar-refractivity contribution in [3.63, 3.8) is 0 Å². The summed E-state index contributed by atoms with van der Waals surface area (Å²) >= 11 is 0. The van der Waals surface area contributed by atoms with Gasteiger partial charge in [-0.05, 0) is 24.5 Å². The minimum Gasteiger partial charge on any atom is -0.508 e. The summed E-state index contributed by atoms with van der Waals surface area (Å²) in [6.45, 7) is 0. The van der Waals surface area contributed by atoms with Crippen LogP contribution in [0.3, 0.4) is 0 Å². The van der Waals surface area contributed by atoms with E-state index in [0.717, 1.165) is 6.07 Å². The number of aliphatic hydroxyl groups is 1. The van der Waals surface area contributed by atoms with Crippen molar-refractivity contribution in [3.8, 4) is 11.5 Å². The Kier molecular flexibility index (Phi) is 1.93. The number of phenols is 2. The van der Waals surface area contributed by atoms with Gasteiger partial charge in [0.2, 0.25) is 0 Å². The first-order valence-corrected chi connectivity index (χ1v) is 4.36. The standard InChI is InChI=1S/C10H10O4/c11-6-3-5-1-2-7(12)10(14)9(5)8(13)4-6/h3-4,7,11-13H,1-2H2/t7-/m1/s1. The summed E-state index contributed by atoms with van der Waals surface area (Å²) in [4.78, 5) is 11.5. The van der Waals surface area contributed by atoms with Gasteiger partial charge >= 0.3 is 0 Å². The summed E-state index contributed by atoms with van der Waals surface area (Å²) in [5, 5.41) is 27.9. The first kappa shape index (κ1) is 9.02. The summed E-state index contributed by atoms with van der Waals surface area (Å²) < 4.78 is 0. The molecule has 1 aliphatic carbocycles. The van der Waals surface area contributed by atoms with E-state index in [2.05, 4.69) is 0 Å². The van der Waals surface area contributed by atoms with Crippen molar-refractivity contribution in [1.82, 2.24) is 0 Å². The van der Waals surface area contributed by atoms with Crippen LogP contribution in [-0.2, 0) is 6.42 Å². The van der Waals surface area contributed by atoms with E-state index in [0.29, 0.717) is 18.4 Å². The van der Waals surface area contributed by atoms with E-state index in [4.69, 9.17) is 0 Å². The quantitative estimate of drug-likeness (QED) is 0.564. The van der Waals surface area contributed by atoms with Crippen molar-refractivity contribution in [2.24, 2.45) is 0 Å². The Morgan fingerprint density at radius 3 is 2.71 bits per heavy atom. The number of phenolic OH excluding ortho intramolecular Hbond substituents is 2. The molecule has 0 bridgehead atoms. The van der Waals surface area contributed by atoms with Crippen LogP contribution in [0.2, 0.25) is 0 Å². The maximum atomic E-state index is 11.5. The van der Waals surface area contributed by atoms with Crippen LogP contribution in [0.1, 0.15) is 22.3 Å². The van der Waals surface area contributed by atoms with Crippen LogP contribution < -0.4 is 0 Å². The molecule has 0 unspecified atom stereocenters. The third-order valence-electron chi connectivity index (χ3n) is 2.42. The number of hydrogen-bond donors (Lipinski definition) is 3. The molecule has 1 aromatic rings. The molecule has 4 heteroatoms. The highest BCUT2D eigenvalue weighted by atomic mass is 16.3. The molecule has 0 aromatic heterocycles. The molecule has 0 amide bonds. The fourth-order valence-electron chi connectivity index (χ4n) is 1.74. The van der Waals surface area contributed by atoms with Crippen molar-refractivity contribution in [1.29, 1.82) is 0 Å². The first-order chi connectivity index (χ1) is 6.59. The molecule has 1 aliphatic rings. The van der Waals surface area contributed by atoms with Crippen LogP contribution in [0.4, 0.5) is 0 Å². The number of hydrogen-bond acceptors (Lipinski definition) is 4. The average Bonchev–Trinajstić information content (AvgIpc) is 2.10. The van der Waals surface area contributed by atoms with Crippen LogP contribution in [0.5, 0.6) is 11.5 Å². The van der Waals surface area contributed by atoms with Gasteiger partial charge in [0.05, 0.1) is 5.56 Å². The number of fused-ring (bicyclic) bond motifs is 1. The number of carbonyl (C=O) groups excluding carboxylic acids is 1. The summed E-state index contributed by atoms with van der Waals surface area (Å²) in [6, 6.07) is 2.55. The zero-order chi connectivity index (χ0) is 10.3. The molecule has 4 nitrogen and oxygen atoms in total. The van der Waals surface area contributed by atoms with E-state index in [1.165, 1.54) is 6.07 Å². The van der Waals surface area contributed by atoms with Crippen LogP contribution in [0.25, 0.3) is 0 Å². The van der Waals surface area contributed by atoms with Crippen molar-refractivity contribution in [3.05, 3.63) is 23.3 Å². The molecule has 0 radical (unpaired) electrons. The van der Waals surface area contributed by atoms with Crippen LogP contribution in [0, 0.1) is 0 Å². The van der Waals surface area contributed by atoms with Crippen LogP contribution in [-0.4, -0.2) is 27.2 Å². The summed E-state index contributed by atoms with van der Waals surface area (Å²) in [5.74, 6) is -0.794. The second kappa shape index (κ2) is 2.99. The molecule has 0 saturated heterocycles. The Morgan fingerprint density at radius 2 is 2.00 bits per heavy atom. The molecule has 0 saturated carbocycles. The number of aliphatic hydroxyl groups excluding tert-OH is 1. The fraction of sp³-hybridized carbons (Fsp3) is 0.300. The molecule has 0 fully saturated rings. The highest BCUT2D eigenvalue weighted by molar-refractivity contribution is 6.04. The monoisotopic (exact) mass is 194 g/mol. The Balaban J connectivity index is 2.60. The van der Waals surface area contributed by atoms with E-state index >= 15 is 0 Å². The maximum Gasteiger partial charge on any atom is 0.195 e. The van der Waals surface area contributed by atoms with Gasteiger partial charge in [-0.2, -0.15) is 0 Å². The van der Waals surface area contributed by atoms with E-state index in [1.807, 2.05) is 0 Å². The number of ketones is 1. The van der Waals surface area contributed by atoms with E-state index in [1.54, 1.807) is 0 Å². The lowest BCUT2D eigenvalue weighted by atomic mass is 9.88. The minimum atomic E-state index is -1.03. The van der Waals surface area contributed by atoms with Crippen molar-refractivity contribution < 1.29 is 20.1 Å². The Morgan fingerprint density at radius 1 is 1.29 bits per heavy atom. The van der Waals surface area contributed by atoms with Gasteiger partial charge in [-0.1, -0.05) is 0 Å². The summed E-state index contributed by atoms with van der Waals surface area (Å²) in [6.07, 6.45) is -0.197. The minimum absolute atomic E-state index is 0.0644. The molecule has 14 heavy (non-hydrogen) atoms. The molecule has 74 valence electrons. The molecule has 0 aliphatic heterocycles. The topological polar surface area (TPSA) is 77.8 Å². The van der Waals surface area contributed by atoms with Crippen LogP contribution in [0.15, 0.2) is 12.1 Å². The number of carbonyl (C=O) groups is 1. The van der Waals surface area contributed by atoms with Gasteiger partial charge in [-0.3, -0.25) is 4.79 Å². The highest BCUT2D eigenvalue weighted by Crippen LogP contribution is 2.32. The van der Waals surface area contributed by atoms with Gasteiger partial charge in [-0.15, -0.1) is 0 Å². The Labute approximate surface area is 80.4 Å². The largest absolute Gasteiger partial charge is 0.508 e. The first-order valence-electron chi connectivity index (χ1n) is 4.36. The normalized spacial score (nSPS) is 20.6. The smallest absolute Gasteiger partial charge is 0.195 e. The van der Waals surface area contributed by atoms with E-state index < -0.39 is 11.9 Å². The van der Waals surface area contributed by atoms with E-state index in [-0.39, 0.29) is 17.1 Å². The summed E-state index contributed by atoms with van der Waals surface area (Å²) in [7, 11) is 0. The number of aromatic hydroxyl groups is 2. The zero-order valence-corrected chi connectivity index (χ0v) is 7.40. The lowest BCUT2D eigenvalue weighted by molar-refractivity contribution is 0.0709. The Hall–Kier alpha value is -1.55. The summed E-state index contributed by atoms with van der Waals surface area (Å²) in [5.41, 5.74) is 0.736. The second-order valence-corrected chi connectivity index (χ2v) is 3.42. The predicted octanol–water partition coefficient (Wildman–Crippen LogP) is 0.588. The number of benzene rings is 1. The lowest BCUT2D eigenvalue weighted by Crippen LogP contribution is -2.27. The third-order valence-corrected chi connectivity index (χ3v) is 2.42. The SMILES string of the molecule is O=C1c2c(O)cc(O)cc2CC[C@H]1O. The molecular weight excluding hydrogens is 184 g/mol. The predicted molar refractivity (Wildman–Crippen MR) is 48.4 cm³/mol. The molecule has 0 heterocycles. The number of rotatable bonds is 0. The van der Waals surface area contributed by atoms with Crippen molar-refractivity contribution in [2.75, 3.05) is 0 Å². The zero-order valence-electron chi connectivity index (χ0n) is 7.40. The molecule has 0 spiro atoms.